The summed E-state index contributed by atoms with van der Waals surface area (Å²) in [5, 5.41) is 18.1. The number of carbonyl (C=O) groups is 2. The molecule has 13 heteroatoms. The molecule has 0 radical (unpaired) electrons. The Kier molecular flexibility index (Phi) is 5.79. The van der Waals surface area contributed by atoms with Crippen LogP contribution in [0.25, 0.3) is 21.3 Å². The summed E-state index contributed by atoms with van der Waals surface area (Å²) in [6.07, 6.45) is -2.89. The van der Waals surface area contributed by atoms with Gasteiger partial charge >= 0.3 is 5.69 Å². The Morgan fingerprint density at radius 2 is 1.94 bits per heavy atom. The molecule has 0 atom stereocenters. The molecule has 34 heavy (non-hydrogen) atoms. The second-order valence-electron chi connectivity index (χ2n) is 7.23. The van der Waals surface area contributed by atoms with Crippen LogP contribution in [0.2, 0.25) is 0 Å². The first-order valence-corrected chi connectivity index (χ1v) is 10.5. The van der Waals surface area contributed by atoms with E-state index >= 15 is 0 Å². The van der Waals surface area contributed by atoms with E-state index in [0.29, 0.717) is 5.56 Å². The van der Waals surface area contributed by atoms with Gasteiger partial charge in [0.05, 0.1) is 10.6 Å². The number of pyridine rings is 1. The number of alkyl halides is 2. The molecule has 1 aromatic carbocycles. The second-order valence-corrected chi connectivity index (χ2v) is 8.23. The van der Waals surface area contributed by atoms with E-state index in [4.69, 9.17) is 5.73 Å². The van der Waals surface area contributed by atoms with E-state index in [-0.39, 0.29) is 32.0 Å². The van der Waals surface area contributed by atoms with Gasteiger partial charge in [-0.3, -0.25) is 24.4 Å². The molecule has 2 amide bonds. The molecule has 3 heterocycles. The Morgan fingerprint density at radius 1 is 1.26 bits per heavy atom. The van der Waals surface area contributed by atoms with Crippen molar-refractivity contribution < 1.29 is 23.3 Å². The van der Waals surface area contributed by atoms with Crippen molar-refractivity contribution in [1.82, 2.24) is 14.8 Å². The minimum atomic E-state index is -2.89. The number of fused-ring (bicyclic) bond motifs is 1. The second kappa shape index (κ2) is 8.59. The van der Waals surface area contributed by atoms with Crippen LogP contribution in [0.4, 0.5) is 20.2 Å². The number of nitro groups is 1. The summed E-state index contributed by atoms with van der Waals surface area (Å²) in [6, 6.07) is 9.65. The van der Waals surface area contributed by atoms with Crippen LogP contribution in [0.1, 0.15) is 38.0 Å². The number of rotatable bonds is 6. The molecule has 0 aliphatic rings. The first kappa shape index (κ1) is 22.9. The number of aryl methyl sites for hydroxylation is 1. The quantitative estimate of drug-likeness (QED) is 0.308. The van der Waals surface area contributed by atoms with Crippen molar-refractivity contribution in [3.8, 4) is 11.1 Å². The zero-order valence-corrected chi connectivity index (χ0v) is 18.5. The largest absolute Gasteiger partial charge is 0.365 e. The van der Waals surface area contributed by atoms with E-state index in [1.807, 2.05) is 0 Å². The average Bonchev–Trinajstić information content (AvgIpc) is 3.31. The monoisotopic (exact) mass is 486 g/mol. The standard InChI is InChI=1S/C21H16F2N6O4S/c1-9-16(29(32)33)15(27-28(9)2)20(31)26-14-13-11(10-6-4-3-5-7-10)8-12(18(22)23)25-21(13)34-17(14)19(24)30/h3-8,18H,1-2H3,(H2,24,30)(H,26,31). The molecule has 4 rings (SSSR count). The number of primary amides is 1. The van der Waals surface area contributed by atoms with Gasteiger partial charge in [-0.1, -0.05) is 30.3 Å². The fourth-order valence-electron chi connectivity index (χ4n) is 3.51. The van der Waals surface area contributed by atoms with Crippen LogP contribution in [-0.4, -0.2) is 31.5 Å². The summed E-state index contributed by atoms with van der Waals surface area (Å²) in [7, 11) is 1.44. The molecule has 0 bridgehead atoms. The average molecular weight is 486 g/mol. The molecule has 0 saturated heterocycles. The fraction of sp³-hybridized carbons (Fsp3) is 0.143. The normalized spacial score (nSPS) is 11.2. The van der Waals surface area contributed by atoms with Gasteiger partial charge in [0, 0.05) is 12.4 Å². The number of halogens is 2. The van der Waals surface area contributed by atoms with Crippen LogP contribution in [0.3, 0.4) is 0 Å². The lowest BCUT2D eigenvalue weighted by molar-refractivity contribution is -0.385. The maximum atomic E-state index is 13.6. The number of nitrogens with zero attached hydrogens (tertiary/aromatic N) is 4. The van der Waals surface area contributed by atoms with Crippen molar-refractivity contribution in [2.75, 3.05) is 5.32 Å². The van der Waals surface area contributed by atoms with Gasteiger partial charge in [0.25, 0.3) is 18.2 Å². The molecule has 3 N–H and O–H groups in total. The van der Waals surface area contributed by atoms with Crippen LogP contribution < -0.4 is 11.1 Å². The maximum absolute atomic E-state index is 13.6. The summed E-state index contributed by atoms with van der Waals surface area (Å²) < 4.78 is 28.3. The first-order valence-electron chi connectivity index (χ1n) is 9.70. The maximum Gasteiger partial charge on any atom is 0.322 e. The number of nitrogens with two attached hydrogens (primary N) is 1. The Balaban J connectivity index is 1.97. The van der Waals surface area contributed by atoms with E-state index in [9.17, 15) is 28.5 Å². The minimum absolute atomic E-state index is 0.0486. The third-order valence-electron chi connectivity index (χ3n) is 5.15. The highest BCUT2D eigenvalue weighted by atomic mass is 32.1. The third-order valence-corrected chi connectivity index (χ3v) is 6.25. The number of thiophene rings is 1. The molecule has 0 fully saturated rings. The summed E-state index contributed by atoms with van der Waals surface area (Å²) in [5.41, 5.74) is 4.89. The van der Waals surface area contributed by atoms with Crippen molar-refractivity contribution in [3.05, 3.63) is 68.5 Å². The van der Waals surface area contributed by atoms with Crippen molar-refractivity contribution in [2.45, 2.75) is 13.3 Å². The van der Waals surface area contributed by atoms with Crippen molar-refractivity contribution in [2.24, 2.45) is 12.8 Å². The Bertz CT molecular complexity index is 1470. The Labute approximate surface area is 194 Å². The lowest BCUT2D eigenvalue weighted by atomic mass is 10.0. The number of hydrogen-bond acceptors (Lipinski definition) is 7. The van der Waals surface area contributed by atoms with Crippen LogP contribution >= 0.6 is 11.3 Å². The zero-order chi connectivity index (χ0) is 24.7. The highest BCUT2D eigenvalue weighted by Gasteiger charge is 2.31. The number of amides is 2. The van der Waals surface area contributed by atoms with Gasteiger partial charge < -0.3 is 11.1 Å². The van der Waals surface area contributed by atoms with E-state index in [1.54, 1.807) is 30.3 Å². The highest BCUT2D eigenvalue weighted by Crippen LogP contribution is 2.42. The van der Waals surface area contributed by atoms with E-state index in [0.717, 1.165) is 11.3 Å². The molecule has 174 valence electrons. The summed E-state index contributed by atoms with van der Waals surface area (Å²) >= 11 is 0.735. The smallest absolute Gasteiger partial charge is 0.322 e. The number of benzene rings is 1. The molecule has 3 aromatic heterocycles. The Hall–Kier alpha value is -4.26. The fourth-order valence-corrected chi connectivity index (χ4v) is 4.52. The molecule has 10 nitrogen and oxygen atoms in total. The number of carbonyl (C=O) groups excluding carboxylic acids is 2. The molecule has 0 unspecified atom stereocenters. The van der Waals surface area contributed by atoms with Crippen LogP contribution in [0.15, 0.2) is 36.4 Å². The van der Waals surface area contributed by atoms with Crippen molar-refractivity contribution in [3.63, 3.8) is 0 Å². The van der Waals surface area contributed by atoms with Crippen LogP contribution in [0, 0.1) is 17.0 Å². The summed E-state index contributed by atoms with van der Waals surface area (Å²) in [6.45, 7) is 1.43. The first-order chi connectivity index (χ1) is 16.1. The minimum Gasteiger partial charge on any atom is -0.365 e. The van der Waals surface area contributed by atoms with E-state index in [1.165, 1.54) is 24.7 Å². The Morgan fingerprint density at radius 3 is 2.53 bits per heavy atom. The SMILES string of the molecule is Cc1c([N+](=O)[O-])c(C(=O)Nc2c(C(N)=O)sc3nc(C(F)F)cc(-c4ccccc4)c23)nn1C. The number of nitrogens with one attached hydrogen (secondary N) is 1. The van der Waals surface area contributed by atoms with Gasteiger partial charge in [0.1, 0.15) is 21.1 Å². The topological polar surface area (TPSA) is 146 Å². The molecular formula is C21H16F2N6O4S. The highest BCUT2D eigenvalue weighted by molar-refractivity contribution is 7.21. The summed E-state index contributed by atoms with van der Waals surface area (Å²) in [5.74, 6) is -1.89. The lowest BCUT2D eigenvalue weighted by Crippen LogP contribution is -2.18. The van der Waals surface area contributed by atoms with Gasteiger partial charge in [-0.25, -0.2) is 13.8 Å². The van der Waals surface area contributed by atoms with Gasteiger partial charge in [-0.2, -0.15) is 5.10 Å². The lowest BCUT2D eigenvalue weighted by Gasteiger charge is -2.10. The molecule has 0 aliphatic carbocycles. The summed E-state index contributed by atoms with van der Waals surface area (Å²) in [4.78, 5) is 39.9. The molecule has 0 spiro atoms. The molecule has 0 saturated carbocycles. The van der Waals surface area contributed by atoms with Gasteiger partial charge in [-0.15, -0.1) is 11.3 Å². The van der Waals surface area contributed by atoms with E-state index in [2.05, 4.69) is 15.4 Å². The zero-order valence-electron chi connectivity index (χ0n) is 17.7. The van der Waals surface area contributed by atoms with Crippen molar-refractivity contribution >= 4 is 44.7 Å². The van der Waals surface area contributed by atoms with E-state index < -0.39 is 40.2 Å². The predicted octanol–water partition coefficient (Wildman–Crippen LogP) is 4.20. The molecular weight excluding hydrogens is 470 g/mol. The molecule has 4 aromatic rings. The van der Waals surface area contributed by atoms with Gasteiger partial charge in [-0.05, 0) is 24.1 Å². The number of aromatic nitrogens is 3. The molecule has 0 aliphatic heterocycles. The third kappa shape index (κ3) is 3.85. The predicted molar refractivity (Wildman–Crippen MR) is 121 cm³/mol. The van der Waals surface area contributed by atoms with Crippen LogP contribution in [-0.2, 0) is 7.05 Å². The van der Waals surface area contributed by atoms with Gasteiger partial charge in [0.2, 0.25) is 5.69 Å². The van der Waals surface area contributed by atoms with Crippen molar-refractivity contribution in [1.29, 1.82) is 0 Å². The van der Waals surface area contributed by atoms with Gasteiger partial charge in [0.15, 0.2) is 0 Å². The van der Waals surface area contributed by atoms with Crippen LogP contribution in [0.5, 0.6) is 0 Å². The number of anilines is 1. The number of hydrogen-bond donors (Lipinski definition) is 2.